The molecule has 3 heteroatoms. The van der Waals surface area contributed by atoms with Crippen molar-refractivity contribution in [2.45, 2.75) is 31.0 Å². The summed E-state index contributed by atoms with van der Waals surface area (Å²) in [6.07, 6.45) is 2.80. The Hall–Kier alpha value is -0.180. The van der Waals surface area contributed by atoms with E-state index in [-0.39, 0.29) is 34.1 Å². The van der Waals surface area contributed by atoms with Gasteiger partial charge in [0.15, 0.2) is 5.78 Å². The number of Topliss-reactive ketones (excluding diaryl/α,β-unsaturated/α-hetero) is 2. The van der Waals surface area contributed by atoms with Crippen LogP contribution in [0.3, 0.4) is 0 Å². The first-order valence-corrected chi connectivity index (χ1v) is 5.76. The molecule has 0 amide bonds. The molecule has 2 saturated carbocycles. The topological polar surface area (TPSA) is 34.1 Å². The third-order valence-electron chi connectivity index (χ3n) is 3.43. The number of hydrogen-bond donors (Lipinski definition) is 0. The quantitative estimate of drug-likeness (QED) is 0.483. The normalized spacial score (nSPS) is 45.1. The summed E-state index contributed by atoms with van der Waals surface area (Å²) < 4.78 is 0. The lowest BCUT2D eigenvalue weighted by Gasteiger charge is -2.39. The molecule has 13 heavy (non-hydrogen) atoms. The maximum atomic E-state index is 11.7. The zero-order valence-electron chi connectivity index (χ0n) is 7.63. The van der Waals surface area contributed by atoms with E-state index in [1.165, 1.54) is 0 Å². The summed E-state index contributed by atoms with van der Waals surface area (Å²) in [7, 11) is 0. The van der Waals surface area contributed by atoms with Crippen molar-refractivity contribution < 1.29 is 9.59 Å². The van der Waals surface area contributed by atoms with E-state index in [9.17, 15) is 9.59 Å². The number of hydrogen-bond acceptors (Lipinski definition) is 2. The molecule has 0 N–H and O–H groups in total. The number of carbonyl (C=O) groups excluding carboxylic acids is 2. The van der Waals surface area contributed by atoms with Crippen LogP contribution in [0.5, 0.6) is 0 Å². The van der Waals surface area contributed by atoms with Gasteiger partial charge in [-0.3, -0.25) is 9.59 Å². The Morgan fingerprint density at radius 3 is 2.62 bits per heavy atom. The van der Waals surface area contributed by atoms with Gasteiger partial charge in [0.05, 0.1) is 10.7 Å². The van der Waals surface area contributed by atoms with Gasteiger partial charge in [-0.1, -0.05) is 29.3 Å². The zero-order valence-corrected chi connectivity index (χ0v) is 9.21. The molecule has 2 aliphatic carbocycles. The van der Waals surface area contributed by atoms with Crippen LogP contribution < -0.4 is 0 Å². The molecule has 0 aliphatic heterocycles. The summed E-state index contributed by atoms with van der Waals surface area (Å²) in [5, 5.41) is 0. The maximum Gasteiger partial charge on any atom is 0.157 e. The lowest BCUT2D eigenvalue weighted by Crippen LogP contribution is -2.49. The predicted octanol–water partition coefficient (Wildman–Crippen LogP) is 1.95. The minimum atomic E-state index is -0.278. The number of fused-ring (bicyclic) bond motifs is 2. The Morgan fingerprint density at radius 1 is 1.23 bits per heavy atom. The van der Waals surface area contributed by atoms with Crippen molar-refractivity contribution in [3.63, 3.8) is 0 Å². The van der Waals surface area contributed by atoms with Gasteiger partial charge in [-0.05, 0) is 18.8 Å². The van der Waals surface area contributed by atoms with Crippen LogP contribution in [0.1, 0.15) is 26.2 Å². The van der Waals surface area contributed by atoms with E-state index in [0.717, 1.165) is 19.3 Å². The number of ketones is 2. The highest BCUT2D eigenvalue weighted by Crippen LogP contribution is 2.41. The van der Waals surface area contributed by atoms with Crippen molar-refractivity contribution in [2.75, 3.05) is 0 Å². The standard InChI is InChI=1S/C10H13BrO2/c1-5-6-3-2-4-7(9(6)12)10(13)8(5)11/h5-8H,2-4H2,1H3/t5-,6-,7-,8+/m0/s1. The number of alkyl halides is 1. The molecule has 2 bridgehead atoms. The molecule has 0 aromatic rings. The lowest BCUT2D eigenvalue weighted by atomic mass is 9.66. The highest BCUT2D eigenvalue weighted by molar-refractivity contribution is 9.10. The summed E-state index contributed by atoms with van der Waals surface area (Å²) in [5.74, 6) is 0.379. The Kier molecular flexibility index (Phi) is 2.30. The summed E-state index contributed by atoms with van der Waals surface area (Å²) in [4.78, 5) is 23.3. The van der Waals surface area contributed by atoms with Crippen LogP contribution in [0.4, 0.5) is 0 Å². The Labute approximate surface area is 86.2 Å². The highest BCUT2D eigenvalue weighted by Gasteiger charge is 2.48. The van der Waals surface area contributed by atoms with Gasteiger partial charge in [-0.25, -0.2) is 0 Å². The molecule has 0 aromatic carbocycles. The molecule has 4 atom stereocenters. The molecule has 0 spiro atoms. The Balaban J connectivity index is 2.32. The third-order valence-corrected chi connectivity index (χ3v) is 4.71. The van der Waals surface area contributed by atoms with E-state index in [0.29, 0.717) is 0 Å². The molecule has 2 nitrogen and oxygen atoms in total. The fourth-order valence-electron chi connectivity index (χ4n) is 2.54. The van der Waals surface area contributed by atoms with Gasteiger partial charge >= 0.3 is 0 Å². The second kappa shape index (κ2) is 3.19. The minimum Gasteiger partial charge on any atom is -0.299 e. The van der Waals surface area contributed by atoms with E-state index in [1.54, 1.807) is 0 Å². The van der Waals surface area contributed by atoms with E-state index < -0.39 is 0 Å². The molecule has 2 aliphatic rings. The first-order valence-electron chi connectivity index (χ1n) is 4.84. The number of carbonyl (C=O) groups is 2. The number of halogens is 1. The van der Waals surface area contributed by atoms with Gasteiger partial charge in [-0.2, -0.15) is 0 Å². The maximum absolute atomic E-state index is 11.7. The van der Waals surface area contributed by atoms with Crippen LogP contribution in [-0.2, 0) is 9.59 Å². The predicted molar refractivity (Wildman–Crippen MR) is 52.7 cm³/mol. The molecule has 0 heterocycles. The van der Waals surface area contributed by atoms with E-state index in [1.807, 2.05) is 6.92 Å². The van der Waals surface area contributed by atoms with Crippen molar-refractivity contribution >= 4 is 27.5 Å². The second-order valence-electron chi connectivity index (χ2n) is 4.16. The van der Waals surface area contributed by atoms with E-state index >= 15 is 0 Å². The van der Waals surface area contributed by atoms with Crippen LogP contribution in [0.25, 0.3) is 0 Å². The average molecular weight is 245 g/mol. The van der Waals surface area contributed by atoms with Crippen molar-refractivity contribution in [3.05, 3.63) is 0 Å². The third kappa shape index (κ3) is 1.28. The van der Waals surface area contributed by atoms with Crippen LogP contribution in [-0.4, -0.2) is 16.4 Å². The van der Waals surface area contributed by atoms with E-state index in [2.05, 4.69) is 15.9 Å². The van der Waals surface area contributed by atoms with Gasteiger partial charge in [0.2, 0.25) is 0 Å². The zero-order chi connectivity index (χ0) is 9.59. The highest BCUT2D eigenvalue weighted by atomic mass is 79.9. The Bertz CT molecular complexity index is 254. The molecule has 2 fully saturated rings. The molecule has 0 unspecified atom stereocenters. The number of rotatable bonds is 0. The van der Waals surface area contributed by atoms with E-state index in [4.69, 9.17) is 0 Å². The summed E-state index contributed by atoms with van der Waals surface area (Å²) in [6.45, 7) is 2.00. The molecular formula is C10H13BrO2. The molecular weight excluding hydrogens is 232 g/mol. The van der Waals surface area contributed by atoms with Gasteiger partial charge in [-0.15, -0.1) is 0 Å². The largest absolute Gasteiger partial charge is 0.299 e. The summed E-state index contributed by atoms with van der Waals surface area (Å²) in [6, 6.07) is 0. The van der Waals surface area contributed by atoms with Crippen LogP contribution >= 0.6 is 15.9 Å². The van der Waals surface area contributed by atoms with Crippen LogP contribution in [0.2, 0.25) is 0 Å². The van der Waals surface area contributed by atoms with Gasteiger partial charge in [0.25, 0.3) is 0 Å². The van der Waals surface area contributed by atoms with Crippen molar-refractivity contribution in [3.8, 4) is 0 Å². The minimum absolute atomic E-state index is 0.0829. The molecule has 72 valence electrons. The summed E-state index contributed by atoms with van der Waals surface area (Å²) in [5.41, 5.74) is 0. The summed E-state index contributed by atoms with van der Waals surface area (Å²) >= 11 is 3.40. The molecule has 0 aromatic heterocycles. The molecule has 2 rings (SSSR count). The SMILES string of the molecule is C[C@H]1[C@@H]2CCC[C@@H](C2=O)C(=O)[C@@H]1Br. The van der Waals surface area contributed by atoms with Gasteiger partial charge < -0.3 is 0 Å². The fraction of sp³-hybridized carbons (Fsp3) is 0.800. The van der Waals surface area contributed by atoms with Gasteiger partial charge in [0.1, 0.15) is 5.78 Å². The smallest absolute Gasteiger partial charge is 0.157 e. The van der Waals surface area contributed by atoms with Crippen molar-refractivity contribution in [1.29, 1.82) is 0 Å². The monoisotopic (exact) mass is 244 g/mol. The van der Waals surface area contributed by atoms with Crippen molar-refractivity contribution in [1.82, 2.24) is 0 Å². The van der Waals surface area contributed by atoms with Gasteiger partial charge in [0, 0.05) is 5.92 Å². The first kappa shape index (κ1) is 9.38. The second-order valence-corrected chi connectivity index (χ2v) is 5.14. The lowest BCUT2D eigenvalue weighted by molar-refractivity contribution is -0.143. The van der Waals surface area contributed by atoms with Crippen LogP contribution in [0, 0.1) is 17.8 Å². The molecule has 0 radical (unpaired) electrons. The van der Waals surface area contributed by atoms with Crippen molar-refractivity contribution in [2.24, 2.45) is 17.8 Å². The average Bonchev–Trinajstić information content (AvgIpc) is 2.13. The van der Waals surface area contributed by atoms with Crippen LogP contribution in [0.15, 0.2) is 0 Å². The molecule has 0 saturated heterocycles. The Morgan fingerprint density at radius 2 is 1.92 bits per heavy atom. The first-order chi connectivity index (χ1) is 6.13. The fourth-order valence-corrected chi connectivity index (χ4v) is 3.23.